The Morgan fingerprint density at radius 3 is 2.49 bits per heavy atom. The van der Waals surface area contributed by atoms with Crippen molar-refractivity contribution in [2.45, 2.75) is 31.6 Å². The third-order valence-electron chi connectivity index (χ3n) is 5.75. The van der Waals surface area contributed by atoms with Crippen LogP contribution in [0.15, 0.2) is 48.2 Å². The molecule has 0 aliphatic carbocycles. The second-order valence-electron chi connectivity index (χ2n) is 8.28. The first kappa shape index (κ1) is 31.6. The van der Waals surface area contributed by atoms with Crippen molar-refractivity contribution >= 4 is 46.9 Å². The number of hydrogen-bond acceptors (Lipinski definition) is 7. The van der Waals surface area contributed by atoms with E-state index in [1.807, 2.05) is 0 Å². The number of allylic oxidation sites excluding steroid dienone is 1. The molecule has 210 valence electrons. The summed E-state index contributed by atoms with van der Waals surface area (Å²) in [4.78, 5) is 51.4. The number of likely N-dealkylation sites (N-methyl/N-ethyl adjacent to an activating group) is 1. The Labute approximate surface area is 235 Å². The van der Waals surface area contributed by atoms with Gasteiger partial charge in [-0.2, -0.15) is 0 Å². The van der Waals surface area contributed by atoms with Crippen molar-refractivity contribution in [3.05, 3.63) is 70.1 Å². The molecular weight excluding hydrogens is 551 g/mol. The van der Waals surface area contributed by atoms with Crippen LogP contribution < -0.4 is 14.8 Å². The van der Waals surface area contributed by atoms with Crippen LogP contribution in [0.5, 0.6) is 11.5 Å². The summed E-state index contributed by atoms with van der Waals surface area (Å²) in [6.45, 7) is 1.68. The number of hydrogen-bond donors (Lipinski definition) is 2. The molecule has 39 heavy (non-hydrogen) atoms. The topological polar surface area (TPSA) is 122 Å². The van der Waals surface area contributed by atoms with Crippen LogP contribution in [-0.4, -0.2) is 66.6 Å². The maximum Gasteiger partial charge on any atom is 0.330 e. The molecule has 0 aliphatic rings. The maximum atomic E-state index is 14.0. The molecule has 0 aromatic heterocycles. The summed E-state index contributed by atoms with van der Waals surface area (Å²) in [7, 11) is 4.41. The van der Waals surface area contributed by atoms with E-state index in [9.17, 15) is 28.7 Å². The van der Waals surface area contributed by atoms with Crippen LogP contribution >= 0.6 is 23.4 Å². The fraction of sp³-hybridized carbons (Fsp3) is 0.333. The number of methoxy groups -OCH3 is 2. The number of nitrogens with zero attached hydrogens (tertiary/aromatic N) is 1. The Morgan fingerprint density at radius 1 is 1.18 bits per heavy atom. The smallest absolute Gasteiger partial charge is 0.330 e. The number of halogens is 2. The minimum absolute atomic E-state index is 0.0636. The summed E-state index contributed by atoms with van der Waals surface area (Å²) >= 11 is 7.02. The van der Waals surface area contributed by atoms with Crippen LogP contribution in [0.2, 0.25) is 5.02 Å². The molecule has 0 saturated carbocycles. The van der Waals surface area contributed by atoms with Crippen molar-refractivity contribution in [3.63, 3.8) is 0 Å². The molecule has 2 rings (SSSR count). The second-order valence-corrected chi connectivity index (χ2v) is 9.68. The Hall–Kier alpha value is -3.57. The minimum Gasteiger partial charge on any atom is -0.497 e. The van der Waals surface area contributed by atoms with Gasteiger partial charge in [0.25, 0.3) is 0 Å². The number of aliphatic carboxylic acids is 1. The zero-order valence-electron chi connectivity index (χ0n) is 22.0. The van der Waals surface area contributed by atoms with Gasteiger partial charge in [0, 0.05) is 29.0 Å². The predicted molar refractivity (Wildman–Crippen MR) is 147 cm³/mol. The largest absolute Gasteiger partial charge is 0.497 e. The molecule has 0 spiro atoms. The summed E-state index contributed by atoms with van der Waals surface area (Å²) in [5, 5.41) is 11.8. The molecule has 0 radical (unpaired) electrons. The number of ketones is 1. The number of benzene rings is 2. The molecule has 12 heteroatoms. The lowest BCUT2D eigenvalue weighted by atomic mass is 10.1. The van der Waals surface area contributed by atoms with E-state index < -0.39 is 41.1 Å². The highest BCUT2D eigenvalue weighted by Gasteiger charge is 2.28. The molecule has 9 nitrogen and oxygen atoms in total. The molecule has 0 fully saturated rings. The number of ether oxygens (including phenoxy) is 2. The number of carboxylic acids is 1. The SMILES string of the molecule is CC[C@@H](C(=O)N/C(=C/C(=O)O)C(=O)CSCc1c(F)cccc1Cl)N(C)C(=O)Cc1cc(OC)ccc1OC. The van der Waals surface area contributed by atoms with E-state index in [-0.39, 0.29) is 34.9 Å². The summed E-state index contributed by atoms with van der Waals surface area (Å²) in [6, 6.07) is 8.23. The van der Waals surface area contributed by atoms with Gasteiger partial charge in [0.05, 0.1) is 38.2 Å². The zero-order chi connectivity index (χ0) is 29.1. The molecular formula is C27H30ClFN2O7S. The highest BCUT2D eigenvalue weighted by molar-refractivity contribution is 7.99. The molecule has 0 unspecified atom stereocenters. The van der Waals surface area contributed by atoms with Crippen LogP contribution in [0.3, 0.4) is 0 Å². The highest BCUT2D eigenvalue weighted by atomic mass is 35.5. The molecule has 0 heterocycles. The normalized spacial score (nSPS) is 11.9. The number of Topliss-reactive ketones (excluding diaryl/α,β-unsaturated/α-hetero) is 1. The van der Waals surface area contributed by atoms with E-state index in [4.69, 9.17) is 21.1 Å². The van der Waals surface area contributed by atoms with Gasteiger partial charge in [-0.3, -0.25) is 14.4 Å². The van der Waals surface area contributed by atoms with Gasteiger partial charge >= 0.3 is 5.97 Å². The first-order chi connectivity index (χ1) is 18.5. The summed E-state index contributed by atoms with van der Waals surface area (Å²) in [5.74, 6) is -2.97. The lowest BCUT2D eigenvalue weighted by Crippen LogP contribution is -2.48. The van der Waals surface area contributed by atoms with Gasteiger partial charge in [0.1, 0.15) is 23.4 Å². The number of thioether (sulfide) groups is 1. The third-order valence-corrected chi connectivity index (χ3v) is 7.06. The van der Waals surface area contributed by atoms with E-state index in [2.05, 4.69) is 5.32 Å². The summed E-state index contributed by atoms with van der Waals surface area (Å²) in [5.41, 5.74) is 0.314. The number of nitrogens with one attached hydrogen (secondary N) is 1. The van der Waals surface area contributed by atoms with E-state index in [1.165, 1.54) is 44.4 Å². The average molecular weight is 581 g/mol. The molecule has 0 saturated heterocycles. The van der Waals surface area contributed by atoms with Crippen molar-refractivity contribution in [1.82, 2.24) is 10.2 Å². The quantitative estimate of drug-likeness (QED) is 0.323. The van der Waals surface area contributed by atoms with Crippen molar-refractivity contribution < 1.29 is 38.1 Å². The van der Waals surface area contributed by atoms with E-state index >= 15 is 0 Å². The molecule has 1 atom stereocenters. The molecule has 2 aromatic carbocycles. The maximum absolute atomic E-state index is 14.0. The standard InChI is InChI=1S/C27H30ClFN2O7S/c1-5-22(31(2)25(33)12-16-11-17(37-3)9-10-24(16)38-4)27(36)30-21(13-26(34)35)23(32)15-39-14-18-19(28)7-6-8-20(18)29/h6-11,13,22H,5,12,14-15H2,1-4H3,(H,30,36)(H,34,35)/b21-13+/t22-/m0/s1. The zero-order valence-corrected chi connectivity index (χ0v) is 23.5. The van der Waals surface area contributed by atoms with Crippen LogP contribution in [0.25, 0.3) is 0 Å². The van der Waals surface area contributed by atoms with Gasteiger partial charge in [-0.25, -0.2) is 9.18 Å². The fourth-order valence-electron chi connectivity index (χ4n) is 3.64. The van der Waals surface area contributed by atoms with Crippen molar-refractivity contribution in [2.75, 3.05) is 27.0 Å². The molecule has 0 aliphatic heterocycles. The van der Waals surface area contributed by atoms with Crippen LogP contribution in [0.1, 0.15) is 24.5 Å². The summed E-state index contributed by atoms with van der Waals surface area (Å²) < 4.78 is 24.5. The van der Waals surface area contributed by atoms with Crippen LogP contribution in [0.4, 0.5) is 4.39 Å². The monoisotopic (exact) mass is 580 g/mol. The lowest BCUT2D eigenvalue weighted by molar-refractivity contribution is -0.138. The number of rotatable bonds is 14. The second kappa shape index (κ2) is 15.1. The van der Waals surface area contributed by atoms with E-state index in [0.717, 1.165) is 11.8 Å². The van der Waals surface area contributed by atoms with Crippen LogP contribution in [-0.2, 0) is 31.4 Å². The third kappa shape index (κ3) is 9.00. The molecule has 2 N–H and O–H groups in total. The van der Waals surface area contributed by atoms with Crippen LogP contribution in [0, 0.1) is 5.82 Å². The van der Waals surface area contributed by atoms with Gasteiger partial charge in [-0.1, -0.05) is 24.6 Å². The highest BCUT2D eigenvalue weighted by Crippen LogP contribution is 2.26. The van der Waals surface area contributed by atoms with Gasteiger partial charge in [0.2, 0.25) is 11.8 Å². The molecule has 2 amide bonds. The first-order valence-electron chi connectivity index (χ1n) is 11.8. The lowest BCUT2D eigenvalue weighted by Gasteiger charge is -2.27. The average Bonchev–Trinajstić information content (AvgIpc) is 2.89. The van der Waals surface area contributed by atoms with E-state index in [1.54, 1.807) is 25.1 Å². The Bertz CT molecular complexity index is 1230. The molecule has 2 aromatic rings. The Morgan fingerprint density at radius 2 is 1.90 bits per heavy atom. The number of carboxylic acid groups (broad SMARTS) is 1. The minimum atomic E-state index is -1.44. The van der Waals surface area contributed by atoms with Crippen molar-refractivity contribution in [3.8, 4) is 11.5 Å². The summed E-state index contributed by atoms with van der Waals surface area (Å²) in [6.07, 6.45) is 0.692. The van der Waals surface area contributed by atoms with Gasteiger partial charge in [-0.05, 0) is 36.8 Å². The van der Waals surface area contributed by atoms with Crippen molar-refractivity contribution in [1.29, 1.82) is 0 Å². The number of carbonyl (C=O) groups excluding carboxylic acids is 3. The predicted octanol–water partition coefficient (Wildman–Crippen LogP) is 3.86. The van der Waals surface area contributed by atoms with Gasteiger partial charge < -0.3 is 24.8 Å². The number of amides is 2. The first-order valence-corrected chi connectivity index (χ1v) is 13.3. The fourth-order valence-corrected chi connectivity index (χ4v) is 4.89. The van der Waals surface area contributed by atoms with Gasteiger partial charge in [-0.15, -0.1) is 11.8 Å². The Kier molecular flexibility index (Phi) is 12.3. The van der Waals surface area contributed by atoms with Crippen molar-refractivity contribution in [2.24, 2.45) is 0 Å². The van der Waals surface area contributed by atoms with E-state index in [0.29, 0.717) is 23.1 Å². The van der Waals surface area contributed by atoms with Gasteiger partial charge in [0.15, 0.2) is 5.78 Å². The number of carbonyl (C=O) groups is 4. The molecule has 0 bridgehead atoms. The Balaban J connectivity index is 2.11.